The molecule has 0 aliphatic heterocycles. The fourth-order valence-corrected chi connectivity index (χ4v) is 3.16. The van der Waals surface area contributed by atoms with E-state index in [0.29, 0.717) is 21.6 Å². The Balaban J connectivity index is 2.51. The Morgan fingerprint density at radius 1 is 1.24 bits per heavy atom. The van der Waals surface area contributed by atoms with Crippen molar-refractivity contribution in [2.75, 3.05) is 0 Å². The zero-order valence-electron chi connectivity index (χ0n) is 9.38. The van der Waals surface area contributed by atoms with Crippen LogP contribution in [0.1, 0.15) is 26.4 Å². The van der Waals surface area contributed by atoms with Crippen LogP contribution in [0.25, 0.3) is 0 Å². The summed E-state index contributed by atoms with van der Waals surface area (Å²) in [6.07, 6.45) is 0. The second kappa shape index (κ2) is 4.70. The molecular formula is C13H10BrFOS. The van der Waals surface area contributed by atoms with Gasteiger partial charge in [-0.1, -0.05) is 0 Å². The van der Waals surface area contributed by atoms with Crippen molar-refractivity contribution in [3.63, 3.8) is 0 Å². The molecule has 0 radical (unpaired) electrons. The largest absolute Gasteiger partial charge is 0.288 e. The first kappa shape index (κ1) is 12.5. The lowest BCUT2D eigenvalue weighted by Gasteiger charge is -2.07. The van der Waals surface area contributed by atoms with E-state index in [-0.39, 0.29) is 11.6 Å². The highest BCUT2D eigenvalue weighted by atomic mass is 79.9. The van der Waals surface area contributed by atoms with E-state index >= 15 is 0 Å². The molecular weight excluding hydrogens is 303 g/mol. The summed E-state index contributed by atoms with van der Waals surface area (Å²) in [5, 5.41) is 0. The molecule has 0 atom stereocenters. The molecule has 1 heterocycles. The van der Waals surface area contributed by atoms with E-state index in [9.17, 15) is 9.18 Å². The van der Waals surface area contributed by atoms with Crippen molar-refractivity contribution in [2.45, 2.75) is 13.8 Å². The Morgan fingerprint density at radius 2 is 1.82 bits per heavy atom. The van der Waals surface area contributed by atoms with Gasteiger partial charge in [0.05, 0.1) is 8.66 Å². The van der Waals surface area contributed by atoms with Crippen molar-refractivity contribution < 1.29 is 9.18 Å². The summed E-state index contributed by atoms with van der Waals surface area (Å²) >= 11 is 4.71. The molecule has 2 aromatic rings. The second-order valence-electron chi connectivity index (χ2n) is 3.85. The Hall–Kier alpha value is -1.000. The van der Waals surface area contributed by atoms with Crippen LogP contribution in [0.3, 0.4) is 0 Å². The summed E-state index contributed by atoms with van der Waals surface area (Å²) in [5.41, 5.74) is 1.95. The summed E-state index contributed by atoms with van der Waals surface area (Å²) < 4.78 is 14.1. The zero-order chi connectivity index (χ0) is 12.6. The van der Waals surface area contributed by atoms with Crippen LogP contribution in [0, 0.1) is 19.7 Å². The van der Waals surface area contributed by atoms with Crippen LogP contribution >= 0.6 is 27.3 Å². The number of thiophene rings is 1. The lowest BCUT2D eigenvalue weighted by Crippen LogP contribution is -2.05. The van der Waals surface area contributed by atoms with Crippen molar-refractivity contribution >= 4 is 33.0 Å². The van der Waals surface area contributed by atoms with Gasteiger partial charge in [-0.25, -0.2) is 4.39 Å². The molecule has 0 spiro atoms. The molecule has 0 N–H and O–H groups in total. The maximum atomic E-state index is 13.2. The van der Waals surface area contributed by atoms with Gasteiger partial charge in [0.15, 0.2) is 0 Å². The van der Waals surface area contributed by atoms with Gasteiger partial charge >= 0.3 is 0 Å². The molecule has 0 saturated carbocycles. The number of carbonyl (C=O) groups excluding carboxylic acids is 1. The van der Waals surface area contributed by atoms with Gasteiger partial charge in [0, 0.05) is 5.56 Å². The maximum absolute atomic E-state index is 13.2. The molecule has 1 aromatic carbocycles. The average molecular weight is 313 g/mol. The number of ketones is 1. The molecule has 4 heteroatoms. The fourth-order valence-electron chi connectivity index (χ4n) is 1.83. The first-order valence-corrected chi connectivity index (χ1v) is 6.67. The number of hydrogen-bond donors (Lipinski definition) is 0. The van der Waals surface area contributed by atoms with Crippen LogP contribution in [0.2, 0.25) is 0 Å². The molecule has 0 bridgehead atoms. The third-order valence-corrected chi connectivity index (χ3v) is 4.14. The quantitative estimate of drug-likeness (QED) is 0.746. The Labute approximate surface area is 111 Å². The predicted molar refractivity (Wildman–Crippen MR) is 71.3 cm³/mol. The van der Waals surface area contributed by atoms with Crippen LogP contribution in [0.4, 0.5) is 4.39 Å². The van der Waals surface area contributed by atoms with E-state index in [0.717, 1.165) is 3.79 Å². The minimum Gasteiger partial charge on any atom is -0.288 e. The van der Waals surface area contributed by atoms with Crippen LogP contribution < -0.4 is 0 Å². The van der Waals surface area contributed by atoms with E-state index in [1.807, 2.05) is 6.07 Å². The molecule has 0 unspecified atom stereocenters. The van der Waals surface area contributed by atoms with E-state index in [2.05, 4.69) is 15.9 Å². The Bertz CT molecular complexity index is 566. The molecule has 88 valence electrons. The topological polar surface area (TPSA) is 17.1 Å². The number of aryl methyl sites for hydroxylation is 2. The monoisotopic (exact) mass is 312 g/mol. The lowest BCUT2D eigenvalue weighted by atomic mass is 9.98. The first-order valence-electron chi connectivity index (χ1n) is 5.06. The molecule has 17 heavy (non-hydrogen) atoms. The van der Waals surface area contributed by atoms with Gasteiger partial charge in [0.1, 0.15) is 5.82 Å². The van der Waals surface area contributed by atoms with Crippen LogP contribution in [-0.2, 0) is 0 Å². The minimum atomic E-state index is -0.302. The number of carbonyl (C=O) groups is 1. The van der Waals surface area contributed by atoms with E-state index < -0.39 is 0 Å². The first-order chi connectivity index (χ1) is 7.99. The maximum Gasteiger partial charge on any atom is 0.203 e. The van der Waals surface area contributed by atoms with E-state index in [4.69, 9.17) is 0 Å². The Kier molecular flexibility index (Phi) is 3.45. The van der Waals surface area contributed by atoms with Gasteiger partial charge in [0.25, 0.3) is 0 Å². The predicted octanol–water partition coefficient (Wildman–Crippen LogP) is 4.50. The van der Waals surface area contributed by atoms with E-state index in [1.54, 1.807) is 19.9 Å². The van der Waals surface area contributed by atoms with Crippen molar-refractivity contribution in [3.05, 3.63) is 55.4 Å². The molecule has 0 aliphatic rings. The van der Waals surface area contributed by atoms with Gasteiger partial charge in [-0.3, -0.25) is 4.79 Å². The molecule has 1 aromatic heterocycles. The lowest BCUT2D eigenvalue weighted by molar-refractivity contribution is 0.104. The van der Waals surface area contributed by atoms with Crippen molar-refractivity contribution in [1.82, 2.24) is 0 Å². The number of rotatable bonds is 2. The highest BCUT2D eigenvalue weighted by molar-refractivity contribution is 9.11. The molecule has 1 nitrogen and oxygen atoms in total. The van der Waals surface area contributed by atoms with Gasteiger partial charge in [-0.2, -0.15) is 0 Å². The van der Waals surface area contributed by atoms with E-state index in [1.165, 1.54) is 23.5 Å². The zero-order valence-corrected chi connectivity index (χ0v) is 11.8. The van der Waals surface area contributed by atoms with Gasteiger partial charge < -0.3 is 0 Å². The molecule has 0 aliphatic carbocycles. The summed E-state index contributed by atoms with van der Waals surface area (Å²) in [4.78, 5) is 12.9. The number of hydrogen-bond acceptors (Lipinski definition) is 2. The fraction of sp³-hybridized carbons (Fsp3) is 0.154. The van der Waals surface area contributed by atoms with Crippen LogP contribution in [0.5, 0.6) is 0 Å². The molecule has 2 rings (SSSR count). The summed E-state index contributed by atoms with van der Waals surface area (Å²) in [5.74, 6) is -0.348. The molecule has 0 saturated heterocycles. The van der Waals surface area contributed by atoms with Crippen LogP contribution in [-0.4, -0.2) is 5.78 Å². The third kappa shape index (κ3) is 2.48. The van der Waals surface area contributed by atoms with Crippen molar-refractivity contribution in [2.24, 2.45) is 0 Å². The number of halogens is 2. The van der Waals surface area contributed by atoms with Crippen LogP contribution in [0.15, 0.2) is 28.1 Å². The van der Waals surface area contributed by atoms with Crippen molar-refractivity contribution in [1.29, 1.82) is 0 Å². The normalized spacial score (nSPS) is 10.6. The average Bonchev–Trinajstić information content (AvgIpc) is 2.63. The minimum absolute atomic E-state index is 0.0456. The van der Waals surface area contributed by atoms with Gasteiger partial charge in [0.2, 0.25) is 5.78 Å². The summed E-state index contributed by atoms with van der Waals surface area (Å²) in [6.45, 7) is 3.51. The smallest absolute Gasteiger partial charge is 0.203 e. The summed E-state index contributed by atoms with van der Waals surface area (Å²) in [7, 11) is 0. The SMILES string of the molecule is Cc1cc(F)cc(C)c1C(=O)c1ccc(Br)s1. The standard InChI is InChI=1S/C13H10BrFOS/c1-7-5-9(15)6-8(2)12(7)13(16)10-3-4-11(14)17-10/h3-6H,1-2H3. The van der Waals surface area contributed by atoms with Crippen molar-refractivity contribution in [3.8, 4) is 0 Å². The molecule has 0 amide bonds. The number of benzene rings is 1. The molecule has 0 fully saturated rings. The highest BCUT2D eigenvalue weighted by Crippen LogP contribution is 2.27. The third-order valence-electron chi connectivity index (χ3n) is 2.52. The Morgan fingerprint density at radius 3 is 2.29 bits per heavy atom. The second-order valence-corrected chi connectivity index (χ2v) is 6.31. The summed E-state index contributed by atoms with van der Waals surface area (Å²) in [6, 6.07) is 6.40. The highest BCUT2D eigenvalue weighted by Gasteiger charge is 2.17. The van der Waals surface area contributed by atoms with Gasteiger partial charge in [-0.15, -0.1) is 11.3 Å². The van der Waals surface area contributed by atoms with Gasteiger partial charge in [-0.05, 0) is 65.2 Å².